The number of aryl methyl sites for hydroxylation is 1. The zero-order valence-electron chi connectivity index (χ0n) is 21.9. The Balaban J connectivity index is 1.50. The predicted octanol–water partition coefficient (Wildman–Crippen LogP) is 4.48. The van der Waals surface area contributed by atoms with E-state index >= 15 is 0 Å². The van der Waals surface area contributed by atoms with E-state index in [2.05, 4.69) is 58.2 Å². The number of benzene rings is 3. The lowest BCUT2D eigenvalue weighted by Crippen LogP contribution is -2.46. The molecule has 0 bridgehead atoms. The Labute approximate surface area is 217 Å². The fourth-order valence-corrected chi connectivity index (χ4v) is 5.31. The number of carbonyl (C=O) groups excluding carboxylic acids is 2. The Kier molecular flexibility index (Phi) is 6.80. The number of carbonyl (C=O) groups is 2. The van der Waals surface area contributed by atoms with Gasteiger partial charge in [-0.2, -0.15) is 0 Å². The van der Waals surface area contributed by atoms with Crippen molar-refractivity contribution in [3.05, 3.63) is 94.8 Å². The Morgan fingerprint density at radius 2 is 1.76 bits per heavy atom. The molecule has 1 aliphatic heterocycles. The lowest BCUT2D eigenvalue weighted by Gasteiger charge is -2.36. The number of likely N-dealkylation sites (N-methyl/N-ethyl adjacent to an activating group) is 2. The van der Waals surface area contributed by atoms with Gasteiger partial charge in [-0.1, -0.05) is 54.6 Å². The molecule has 0 saturated carbocycles. The summed E-state index contributed by atoms with van der Waals surface area (Å²) < 4.78 is 2.09. The van der Waals surface area contributed by atoms with Gasteiger partial charge in [0.25, 0.3) is 5.91 Å². The second-order valence-electron chi connectivity index (χ2n) is 10.0. The SMILES string of the molecule is CC(=O)Nc1cc(C(=O)N(C)CC2Cc3ccccc3CN2C)c2c(c1)nc(C)n2Cc1ccccc1. The highest BCUT2D eigenvalue weighted by Crippen LogP contribution is 2.28. The monoisotopic (exact) mass is 495 g/mol. The highest BCUT2D eigenvalue weighted by atomic mass is 16.2. The number of aromatic nitrogens is 2. The molecule has 1 aliphatic rings. The second-order valence-corrected chi connectivity index (χ2v) is 10.0. The topological polar surface area (TPSA) is 70.5 Å². The van der Waals surface area contributed by atoms with Crippen molar-refractivity contribution >= 4 is 28.5 Å². The summed E-state index contributed by atoms with van der Waals surface area (Å²) in [7, 11) is 3.98. The molecule has 0 saturated heterocycles. The molecule has 7 nitrogen and oxygen atoms in total. The minimum Gasteiger partial charge on any atom is -0.340 e. The zero-order chi connectivity index (χ0) is 26.1. The molecule has 1 aromatic heterocycles. The average molecular weight is 496 g/mol. The molecular weight excluding hydrogens is 462 g/mol. The van der Waals surface area contributed by atoms with Gasteiger partial charge in [-0.3, -0.25) is 14.5 Å². The number of imidazole rings is 1. The van der Waals surface area contributed by atoms with Crippen molar-refractivity contribution in [3.63, 3.8) is 0 Å². The van der Waals surface area contributed by atoms with Crippen LogP contribution < -0.4 is 5.32 Å². The third-order valence-corrected chi connectivity index (χ3v) is 7.22. The third-order valence-electron chi connectivity index (χ3n) is 7.22. The van der Waals surface area contributed by atoms with E-state index in [0.29, 0.717) is 29.9 Å². The molecule has 0 radical (unpaired) electrons. The van der Waals surface area contributed by atoms with Gasteiger partial charge in [0.05, 0.1) is 16.6 Å². The predicted molar refractivity (Wildman–Crippen MR) is 147 cm³/mol. The van der Waals surface area contributed by atoms with E-state index < -0.39 is 0 Å². The van der Waals surface area contributed by atoms with Crippen molar-refractivity contribution in [2.45, 2.75) is 39.4 Å². The molecule has 2 heterocycles. The maximum atomic E-state index is 14.0. The number of anilines is 1. The Morgan fingerprint density at radius 3 is 2.49 bits per heavy atom. The van der Waals surface area contributed by atoms with Crippen molar-refractivity contribution in [3.8, 4) is 0 Å². The number of hydrogen-bond acceptors (Lipinski definition) is 4. The summed E-state index contributed by atoms with van der Waals surface area (Å²) in [6, 6.07) is 22.5. The van der Waals surface area contributed by atoms with E-state index in [1.807, 2.05) is 38.2 Å². The van der Waals surface area contributed by atoms with Crippen LogP contribution in [0.5, 0.6) is 0 Å². The highest BCUT2D eigenvalue weighted by Gasteiger charge is 2.27. The largest absolute Gasteiger partial charge is 0.340 e. The van der Waals surface area contributed by atoms with Crippen LogP contribution >= 0.6 is 0 Å². The van der Waals surface area contributed by atoms with E-state index in [-0.39, 0.29) is 17.9 Å². The van der Waals surface area contributed by atoms with Crippen LogP contribution in [0, 0.1) is 6.92 Å². The first-order chi connectivity index (χ1) is 17.8. The average Bonchev–Trinajstić information content (AvgIpc) is 3.18. The Hall–Kier alpha value is -3.97. The Morgan fingerprint density at radius 1 is 1.05 bits per heavy atom. The van der Waals surface area contributed by atoms with Gasteiger partial charge < -0.3 is 14.8 Å². The molecule has 0 aliphatic carbocycles. The van der Waals surface area contributed by atoms with Crippen molar-refractivity contribution in [2.75, 3.05) is 26.0 Å². The molecule has 0 fully saturated rings. The molecule has 1 unspecified atom stereocenters. The summed E-state index contributed by atoms with van der Waals surface area (Å²) in [4.78, 5) is 34.7. The van der Waals surface area contributed by atoms with Gasteiger partial charge in [0.2, 0.25) is 5.91 Å². The summed E-state index contributed by atoms with van der Waals surface area (Å²) in [5, 5.41) is 2.84. The first-order valence-corrected chi connectivity index (χ1v) is 12.6. The van der Waals surface area contributed by atoms with Gasteiger partial charge in [-0.15, -0.1) is 0 Å². The fourth-order valence-electron chi connectivity index (χ4n) is 5.31. The van der Waals surface area contributed by atoms with Crippen LogP contribution in [0.4, 0.5) is 5.69 Å². The van der Waals surface area contributed by atoms with Crippen LogP contribution in [0.3, 0.4) is 0 Å². The molecule has 5 rings (SSSR count). The first-order valence-electron chi connectivity index (χ1n) is 12.6. The van der Waals surface area contributed by atoms with Gasteiger partial charge in [0, 0.05) is 45.3 Å². The second kappa shape index (κ2) is 10.2. The normalized spacial score (nSPS) is 15.4. The molecule has 2 amide bonds. The van der Waals surface area contributed by atoms with Gasteiger partial charge >= 0.3 is 0 Å². The summed E-state index contributed by atoms with van der Waals surface area (Å²) in [6.07, 6.45) is 0.899. The number of nitrogens with zero attached hydrogens (tertiary/aromatic N) is 4. The van der Waals surface area contributed by atoms with Crippen molar-refractivity contribution in [2.24, 2.45) is 0 Å². The summed E-state index contributed by atoms with van der Waals surface area (Å²) in [6.45, 7) is 5.49. The molecule has 7 heteroatoms. The number of rotatable bonds is 6. The zero-order valence-corrected chi connectivity index (χ0v) is 21.9. The maximum Gasteiger partial charge on any atom is 0.255 e. The molecule has 1 N–H and O–H groups in total. The van der Waals surface area contributed by atoms with Crippen molar-refractivity contribution in [1.29, 1.82) is 0 Å². The maximum absolute atomic E-state index is 14.0. The van der Waals surface area contributed by atoms with E-state index in [4.69, 9.17) is 4.98 Å². The summed E-state index contributed by atoms with van der Waals surface area (Å²) in [5.74, 6) is 0.548. The van der Waals surface area contributed by atoms with Gasteiger partial charge in [0.15, 0.2) is 0 Å². The Bertz CT molecular complexity index is 1460. The smallest absolute Gasteiger partial charge is 0.255 e. The minimum atomic E-state index is -0.186. The minimum absolute atomic E-state index is 0.0846. The van der Waals surface area contributed by atoms with Crippen LogP contribution in [0.15, 0.2) is 66.7 Å². The molecular formula is C30H33N5O2. The summed E-state index contributed by atoms with van der Waals surface area (Å²) in [5.41, 5.74) is 6.42. The number of fused-ring (bicyclic) bond motifs is 2. The first kappa shape index (κ1) is 24.7. The molecule has 4 aromatic rings. The molecule has 1 atom stereocenters. The van der Waals surface area contributed by atoms with Gasteiger partial charge in [0.1, 0.15) is 5.82 Å². The number of amides is 2. The molecule has 190 valence electrons. The van der Waals surface area contributed by atoms with Gasteiger partial charge in [-0.25, -0.2) is 4.98 Å². The number of hydrogen-bond donors (Lipinski definition) is 1. The van der Waals surface area contributed by atoms with Crippen LogP contribution in [0.2, 0.25) is 0 Å². The third kappa shape index (κ3) is 5.13. The van der Waals surface area contributed by atoms with Crippen LogP contribution in [-0.4, -0.2) is 57.8 Å². The van der Waals surface area contributed by atoms with E-state index in [0.717, 1.165) is 29.9 Å². The molecule has 37 heavy (non-hydrogen) atoms. The van der Waals surface area contributed by atoms with E-state index in [1.54, 1.807) is 11.0 Å². The van der Waals surface area contributed by atoms with Crippen molar-refractivity contribution < 1.29 is 9.59 Å². The van der Waals surface area contributed by atoms with E-state index in [1.165, 1.54) is 18.1 Å². The standard InChI is InChI=1S/C30H33N5O2/c1-20-31-28-16-25(32-21(2)36)15-27(29(28)35(20)17-22-10-6-5-7-11-22)30(37)34(4)19-26-14-23-12-8-9-13-24(23)18-33(26)3/h5-13,15-16,26H,14,17-19H2,1-4H3,(H,32,36). The summed E-state index contributed by atoms with van der Waals surface area (Å²) >= 11 is 0. The van der Waals surface area contributed by atoms with Crippen molar-refractivity contribution in [1.82, 2.24) is 19.4 Å². The highest BCUT2D eigenvalue weighted by molar-refractivity contribution is 6.07. The van der Waals surface area contributed by atoms with Crippen LogP contribution in [0.1, 0.15) is 39.8 Å². The fraction of sp³-hybridized carbons (Fsp3) is 0.300. The lowest BCUT2D eigenvalue weighted by atomic mass is 9.94. The van der Waals surface area contributed by atoms with Gasteiger partial charge in [-0.05, 0) is 49.2 Å². The van der Waals surface area contributed by atoms with E-state index in [9.17, 15) is 9.59 Å². The quantitative estimate of drug-likeness (QED) is 0.428. The molecule has 3 aromatic carbocycles. The molecule has 0 spiro atoms. The lowest BCUT2D eigenvalue weighted by molar-refractivity contribution is -0.114. The van der Waals surface area contributed by atoms with Crippen LogP contribution in [0.25, 0.3) is 11.0 Å². The number of nitrogens with one attached hydrogen (secondary N) is 1. The van der Waals surface area contributed by atoms with Crippen LogP contribution in [-0.2, 0) is 24.3 Å².